The van der Waals surface area contributed by atoms with E-state index in [-0.39, 0.29) is 17.1 Å². The van der Waals surface area contributed by atoms with Crippen molar-refractivity contribution in [2.75, 3.05) is 5.75 Å². The number of aromatic nitrogens is 3. The van der Waals surface area contributed by atoms with Crippen LogP contribution in [0.3, 0.4) is 0 Å². The van der Waals surface area contributed by atoms with Crippen LogP contribution in [0.4, 0.5) is 4.39 Å². The maximum absolute atomic E-state index is 13.6. The van der Waals surface area contributed by atoms with Gasteiger partial charge >= 0.3 is 0 Å². The third kappa shape index (κ3) is 3.05. The molecule has 2 heterocycles. The fraction of sp³-hybridized carbons (Fsp3) is 0.188. The summed E-state index contributed by atoms with van der Waals surface area (Å²) in [7, 11) is 1.82. The van der Waals surface area contributed by atoms with E-state index in [4.69, 9.17) is 4.42 Å². The molecule has 118 valence electrons. The van der Waals surface area contributed by atoms with Gasteiger partial charge in [-0.2, -0.15) is 0 Å². The maximum Gasteiger partial charge on any atom is 0.191 e. The SMILES string of the molecule is Cc1occc1-c1nnc(SCC(=O)c2ccccc2F)n1C. The van der Waals surface area contributed by atoms with Crippen LogP contribution in [0.5, 0.6) is 0 Å². The Labute approximate surface area is 136 Å². The summed E-state index contributed by atoms with van der Waals surface area (Å²) < 4.78 is 20.7. The molecule has 0 unspecified atom stereocenters. The number of halogens is 1. The molecule has 5 nitrogen and oxygen atoms in total. The summed E-state index contributed by atoms with van der Waals surface area (Å²) in [6.45, 7) is 1.85. The van der Waals surface area contributed by atoms with E-state index >= 15 is 0 Å². The van der Waals surface area contributed by atoms with Gasteiger partial charge in [0.15, 0.2) is 16.8 Å². The van der Waals surface area contributed by atoms with Gasteiger partial charge in [0, 0.05) is 7.05 Å². The zero-order valence-electron chi connectivity index (χ0n) is 12.6. The molecule has 0 amide bonds. The first kappa shape index (κ1) is 15.5. The van der Waals surface area contributed by atoms with Crippen molar-refractivity contribution in [3.63, 3.8) is 0 Å². The lowest BCUT2D eigenvalue weighted by molar-refractivity contribution is 0.101. The summed E-state index contributed by atoms with van der Waals surface area (Å²) >= 11 is 1.23. The molecule has 7 heteroatoms. The van der Waals surface area contributed by atoms with Gasteiger partial charge in [-0.3, -0.25) is 4.79 Å². The third-order valence-corrected chi connectivity index (χ3v) is 4.46. The molecule has 3 aromatic rings. The van der Waals surface area contributed by atoms with E-state index in [1.807, 2.05) is 20.0 Å². The number of aryl methyl sites for hydroxylation is 1. The van der Waals surface area contributed by atoms with E-state index in [0.717, 1.165) is 11.3 Å². The predicted octanol–water partition coefficient (Wildman–Crippen LogP) is 3.50. The molecular formula is C16H14FN3O2S. The highest BCUT2D eigenvalue weighted by Crippen LogP contribution is 2.26. The van der Waals surface area contributed by atoms with Gasteiger partial charge in [-0.1, -0.05) is 23.9 Å². The minimum Gasteiger partial charge on any atom is -0.469 e. The first-order chi connectivity index (χ1) is 11.1. The number of benzene rings is 1. The molecule has 0 aliphatic carbocycles. The zero-order valence-corrected chi connectivity index (χ0v) is 13.4. The number of furan rings is 1. The number of Topliss-reactive ketones (excluding diaryl/α,β-unsaturated/α-hetero) is 1. The van der Waals surface area contributed by atoms with Crippen LogP contribution in [0.25, 0.3) is 11.4 Å². The molecule has 1 aromatic carbocycles. The normalized spacial score (nSPS) is 10.9. The highest BCUT2D eigenvalue weighted by molar-refractivity contribution is 7.99. The van der Waals surface area contributed by atoms with E-state index in [1.54, 1.807) is 23.0 Å². The smallest absolute Gasteiger partial charge is 0.191 e. The summed E-state index contributed by atoms with van der Waals surface area (Å²) in [5.74, 6) is 0.719. The van der Waals surface area contributed by atoms with Crippen molar-refractivity contribution in [2.45, 2.75) is 12.1 Å². The van der Waals surface area contributed by atoms with Crippen molar-refractivity contribution in [1.29, 1.82) is 0 Å². The molecule has 2 aromatic heterocycles. The molecule has 3 rings (SSSR count). The lowest BCUT2D eigenvalue weighted by atomic mass is 10.1. The fourth-order valence-electron chi connectivity index (χ4n) is 2.19. The van der Waals surface area contributed by atoms with Gasteiger partial charge in [-0.05, 0) is 25.1 Å². The molecule has 0 fully saturated rings. The third-order valence-electron chi connectivity index (χ3n) is 3.44. The van der Waals surface area contributed by atoms with Crippen LogP contribution < -0.4 is 0 Å². The van der Waals surface area contributed by atoms with Crippen molar-refractivity contribution in [3.05, 3.63) is 53.7 Å². The van der Waals surface area contributed by atoms with Crippen molar-refractivity contribution in [3.8, 4) is 11.4 Å². The van der Waals surface area contributed by atoms with Crippen LogP contribution in [-0.2, 0) is 7.05 Å². The molecule has 0 N–H and O–H groups in total. The molecule has 0 aliphatic heterocycles. The Hall–Kier alpha value is -2.41. The highest BCUT2D eigenvalue weighted by atomic mass is 32.2. The molecule has 0 aliphatic rings. The molecule has 0 atom stereocenters. The molecule has 0 saturated heterocycles. The second-order valence-electron chi connectivity index (χ2n) is 4.95. The number of hydrogen-bond donors (Lipinski definition) is 0. The molecule has 0 saturated carbocycles. The zero-order chi connectivity index (χ0) is 16.4. The quantitative estimate of drug-likeness (QED) is 0.529. The lowest BCUT2D eigenvalue weighted by Crippen LogP contribution is -2.06. The minimum absolute atomic E-state index is 0.0908. The van der Waals surface area contributed by atoms with Gasteiger partial charge in [-0.25, -0.2) is 4.39 Å². The fourth-order valence-corrected chi connectivity index (χ4v) is 2.98. The standard InChI is InChI=1S/C16H14FN3O2S/c1-10-11(7-8-22-10)15-18-19-16(20(15)2)23-9-14(21)12-5-3-4-6-13(12)17/h3-8H,9H2,1-2H3. The van der Waals surface area contributed by atoms with Crippen LogP contribution in [0, 0.1) is 12.7 Å². The van der Waals surface area contributed by atoms with Crippen molar-refractivity contribution in [1.82, 2.24) is 14.8 Å². The van der Waals surface area contributed by atoms with E-state index in [9.17, 15) is 9.18 Å². The molecule has 0 spiro atoms. The Kier molecular flexibility index (Phi) is 4.29. The van der Waals surface area contributed by atoms with Gasteiger partial charge in [0.1, 0.15) is 11.6 Å². The molecule has 23 heavy (non-hydrogen) atoms. The van der Waals surface area contributed by atoms with Crippen LogP contribution in [0.2, 0.25) is 0 Å². The van der Waals surface area contributed by atoms with E-state index < -0.39 is 5.82 Å². The van der Waals surface area contributed by atoms with Crippen LogP contribution in [0.1, 0.15) is 16.1 Å². The summed E-state index contributed by atoms with van der Waals surface area (Å²) in [5.41, 5.74) is 0.945. The van der Waals surface area contributed by atoms with E-state index in [0.29, 0.717) is 11.0 Å². The topological polar surface area (TPSA) is 60.9 Å². The highest BCUT2D eigenvalue weighted by Gasteiger charge is 2.17. The average molecular weight is 331 g/mol. The van der Waals surface area contributed by atoms with Crippen molar-refractivity contribution >= 4 is 17.5 Å². The second-order valence-corrected chi connectivity index (χ2v) is 5.89. The summed E-state index contributed by atoms with van der Waals surface area (Å²) in [4.78, 5) is 12.1. The van der Waals surface area contributed by atoms with E-state index in [2.05, 4.69) is 10.2 Å². The molecule has 0 bridgehead atoms. The maximum atomic E-state index is 13.6. The average Bonchev–Trinajstić information content (AvgIpc) is 3.11. The van der Waals surface area contributed by atoms with E-state index in [1.165, 1.54) is 23.9 Å². The van der Waals surface area contributed by atoms with Crippen molar-refractivity contribution in [2.24, 2.45) is 7.05 Å². The second kappa shape index (κ2) is 6.37. The van der Waals surface area contributed by atoms with Gasteiger partial charge in [0.25, 0.3) is 0 Å². The van der Waals surface area contributed by atoms with Gasteiger partial charge in [0.2, 0.25) is 0 Å². The summed E-state index contributed by atoms with van der Waals surface area (Å²) in [6, 6.07) is 7.78. The lowest BCUT2D eigenvalue weighted by Gasteiger charge is -2.04. The van der Waals surface area contributed by atoms with Crippen LogP contribution >= 0.6 is 11.8 Å². The number of carbonyl (C=O) groups excluding carboxylic acids is 1. The van der Waals surface area contributed by atoms with Gasteiger partial charge < -0.3 is 8.98 Å². The number of thioether (sulfide) groups is 1. The monoisotopic (exact) mass is 331 g/mol. The number of rotatable bonds is 5. The number of nitrogens with zero attached hydrogens (tertiary/aromatic N) is 3. The van der Waals surface area contributed by atoms with Gasteiger partial charge in [0.05, 0.1) is 23.1 Å². The summed E-state index contributed by atoms with van der Waals surface area (Å²) in [6.07, 6.45) is 1.59. The number of carbonyl (C=O) groups is 1. The Balaban J connectivity index is 1.75. The Morgan fingerprint density at radius 2 is 2.09 bits per heavy atom. The summed E-state index contributed by atoms with van der Waals surface area (Å²) in [5, 5.41) is 8.81. The minimum atomic E-state index is -0.509. The van der Waals surface area contributed by atoms with Crippen LogP contribution in [0.15, 0.2) is 46.2 Å². The largest absolute Gasteiger partial charge is 0.469 e. The molecular weight excluding hydrogens is 317 g/mol. The predicted molar refractivity (Wildman–Crippen MR) is 84.9 cm³/mol. The Bertz CT molecular complexity index is 857. The number of ketones is 1. The van der Waals surface area contributed by atoms with Crippen molar-refractivity contribution < 1.29 is 13.6 Å². The number of hydrogen-bond acceptors (Lipinski definition) is 5. The molecule has 0 radical (unpaired) electrons. The first-order valence-corrected chi connectivity index (χ1v) is 7.91. The van der Waals surface area contributed by atoms with Gasteiger partial charge in [-0.15, -0.1) is 10.2 Å². The Morgan fingerprint density at radius 1 is 1.30 bits per heavy atom. The Morgan fingerprint density at radius 3 is 2.78 bits per heavy atom. The van der Waals surface area contributed by atoms with Crippen LogP contribution in [-0.4, -0.2) is 26.3 Å². The first-order valence-electron chi connectivity index (χ1n) is 6.92.